The van der Waals surface area contributed by atoms with E-state index in [1.807, 2.05) is 0 Å². The van der Waals surface area contributed by atoms with E-state index in [2.05, 4.69) is 23.1 Å². The van der Waals surface area contributed by atoms with Crippen LogP contribution in [0.2, 0.25) is 0 Å². The summed E-state index contributed by atoms with van der Waals surface area (Å²) in [6, 6.07) is 0. The van der Waals surface area contributed by atoms with Gasteiger partial charge in [0.15, 0.2) is 0 Å². The van der Waals surface area contributed by atoms with Crippen LogP contribution in [0.4, 0.5) is 0 Å². The normalized spacial score (nSPS) is 24.0. The lowest BCUT2D eigenvalue weighted by Gasteiger charge is -2.48. The molecule has 0 aromatic carbocycles. The smallest absolute Gasteiger partial charge is 0.125 e. The summed E-state index contributed by atoms with van der Waals surface area (Å²) in [5, 5.41) is 0. The molecular weight excluding hydrogens is 202 g/mol. The predicted molar refractivity (Wildman–Crippen MR) is 65.1 cm³/mol. The second-order valence-electron chi connectivity index (χ2n) is 4.43. The molecule has 0 atom stereocenters. The van der Waals surface area contributed by atoms with Crippen molar-refractivity contribution in [3.8, 4) is 0 Å². The van der Waals surface area contributed by atoms with Gasteiger partial charge in [-0.2, -0.15) is 0 Å². The summed E-state index contributed by atoms with van der Waals surface area (Å²) in [4.78, 5) is 6.33. The van der Waals surface area contributed by atoms with Crippen LogP contribution in [0.3, 0.4) is 0 Å². The van der Waals surface area contributed by atoms with Crippen LogP contribution in [0.1, 0.15) is 19.3 Å². The molecule has 0 unspecified atom stereocenters. The van der Waals surface area contributed by atoms with Crippen molar-refractivity contribution in [3.63, 3.8) is 0 Å². The lowest BCUT2D eigenvalue weighted by atomic mass is 9.84. The molecule has 2 aliphatic rings. The van der Waals surface area contributed by atoms with Gasteiger partial charge in [0.1, 0.15) is 11.7 Å². The molecule has 2 rings (SSSR count). The van der Waals surface area contributed by atoms with Crippen LogP contribution in [-0.4, -0.2) is 36.0 Å². The zero-order valence-electron chi connectivity index (χ0n) is 9.61. The molecule has 2 aliphatic heterocycles. The van der Waals surface area contributed by atoms with Gasteiger partial charge in [0.2, 0.25) is 0 Å². The molecule has 2 heterocycles. The van der Waals surface area contributed by atoms with E-state index in [4.69, 9.17) is 10.5 Å². The van der Waals surface area contributed by atoms with Crippen molar-refractivity contribution in [3.05, 3.63) is 25.1 Å². The Kier molecular flexibility index (Phi) is 3.01. The van der Waals surface area contributed by atoms with Gasteiger partial charge in [-0.3, -0.25) is 0 Å². The van der Waals surface area contributed by atoms with E-state index in [0.717, 1.165) is 38.4 Å². The summed E-state index contributed by atoms with van der Waals surface area (Å²) < 4.78 is 5.66. The van der Waals surface area contributed by atoms with Crippen molar-refractivity contribution in [1.29, 1.82) is 0 Å². The molecule has 4 nitrogen and oxygen atoms in total. The zero-order chi connectivity index (χ0) is 11.6. The maximum atomic E-state index is 5.66. The molecule has 0 aromatic heterocycles. The largest absolute Gasteiger partial charge is 0.384 e. The highest BCUT2D eigenvalue weighted by atomic mass is 16.5. The lowest BCUT2D eigenvalue weighted by molar-refractivity contribution is -0.170. The third-order valence-electron chi connectivity index (χ3n) is 3.47. The summed E-state index contributed by atoms with van der Waals surface area (Å²) in [5.74, 6) is 1.15. The highest BCUT2D eigenvalue weighted by molar-refractivity contribution is 5.91. The quantitative estimate of drug-likeness (QED) is 0.576. The van der Waals surface area contributed by atoms with E-state index in [1.54, 1.807) is 0 Å². The molecule has 4 heteroatoms. The third kappa shape index (κ3) is 2.11. The standard InChI is InChI=1S/C12H19N3O/c1-3-11(13)14-10(2)15-7-4-12(5-8-15)6-9-16-12/h3H,1-2,4-9H2,(H2,13,14). The fourth-order valence-corrected chi connectivity index (χ4v) is 2.22. The van der Waals surface area contributed by atoms with Crippen LogP contribution in [0.25, 0.3) is 0 Å². The van der Waals surface area contributed by atoms with Gasteiger partial charge in [-0.25, -0.2) is 4.99 Å². The molecule has 88 valence electrons. The van der Waals surface area contributed by atoms with Gasteiger partial charge in [0.05, 0.1) is 12.2 Å². The summed E-state index contributed by atoms with van der Waals surface area (Å²) in [6.07, 6.45) is 4.86. The van der Waals surface area contributed by atoms with Crippen LogP contribution in [-0.2, 0) is 4.74 Å². The first-order valence-electron chi connectivity index (χ1n) is 5.70. The van der Waals surface area contributed by atoms with Crippen LogP contribution >= 0.6 is 0 Å². The van der Waals surface area contributed by atoms with E-state index < -0.39 is 0 Å². The minimum absolute atomic E-state index is 0.171. The number of likely N-dealkylation sites (tertiary alicyclic amines) is 1. The molecule has 0 amide bonds. The summed E-state index contributed by atoms with van der Waals surface area (Å²) in [6.45, 7) is 10.3. The number of nitrogens with two attached hydrogens (primary N) is 1. The molecule has 2 fully saturated rings. The van der Waals surface area contributed by atoms with Crippen molar-refractivity contribution in [2.45, 2.75) is 24.9 Å². The first-order chi connectivity index (χ1) is 7.65. The number of hydrogen-bond donors (Lipinski definition) is 1. The third-order valence-corrected chi connectivity index (χ3v) is 3.47. The fraction of sp³-hybridized carbons (Fsp3) is 0.583. The minimum atomic E-state index is 0.171. The monoisotopic (exact) mass is 221 g/mol. The van der Waals surface area contributed by atoms with Crippen molar-refractivity contribution in [2.75, 3.05) is 19.7 Å². The number of nitrogens with zero attached hydrogens (tertiary/aromatic N) is 2. The second kappa shape index (κ2) is 4.29. The summed E-state index contributed by atoms with van der Waals surface area (Å²) >= 11 is 0. The van der Waals surface area contributed by atoms with Crippen molar-refractivity contribution < 1.29 is 4.74 Å². The number of hydrogen-bond acceptors (Lipinski definition) is 3. The molecule has 1 spiro atoms. The number of aliphatic imine (C=N–C) groups is 1. The van der Waals surface area contributed by atoms with Crippen LogP contribution in [0.15, 0.2) is 30.0 Å². The van der Waals surface area contributed by atoms with E-state index in [9.17, 15) is 0 Å². The highest BCUT2D eigenvalue weighted by Gasteiger charge is 2.41. The Hall–Kier alpha value is -1.29. The van der Waals surface area contributed by atoms with Gasteiger partial charge < -0.3 is 15.4 Å². The zero-order valence-corrected chi connectivity index (χ0v) is 9.61. The van der Waals surface area contributed by atoms with Crippen molar-refractivity contribution in [2.24, 2.45) is 10.7 Å². The molecule has 0 aliphatic carbocycles. The molecule has 16 heavy (non-hydrogen) atoms. The van der Waals surface area contributed by atoms with Crippen LogP contribution in [0, 0.1) is 0 Å². The Morgan fingerprint density at radius 3 is 2.44 bits per heavy atom. The average molecular weight is 221 g/mol. The van der Waals surface area contributed by atoms with E-state index in [-0.39, 0.29) is 5.60 Å². The Morgan fingerprint density at radius 1 is 1.38 bits per heavy atom. The fourth-order valence-electron chi connectivity index (χ4n) is 2.22. The number of rotatable bonds is 3. The predicted octanol–water partition coefficient (Wildman–Crippen LogP) is 1.26. The van der Waals surface area contributed by atoms with Gasteiger partial charge in [-0.05, 0) is 25.3 Å². The summed E-state index contributed by atoms with van der Waals surface area (Å²) in [7, 11) is 0. The molecule has 2 saturated heterocycles. The SMILES string of the molecule is C=C/C(N)=N\C(=C)N1CCC2(CCO2)CC1. The van der Waals surface area contributed by atoms with Gasteiger partial charge >= 0.3 is 0 Å². The Morgan fingerprint density at radius 2 is 2.00 bits per heavy atom. The maximum Gasteiger partial charge on any atom is 0.125 e. The molecule has 0 radical (unpaired) electrons. The minimum Gasteiger partial charge on any atom is -0.384 e. The van der Waals surface area contributed by atoms with Gasteiger partial charge in [0, 0.05) is 13.1 Å². The topological polar surface area (TPSA) is 50.8 Å². The molecule has 2 N–H and O–H groups in total. The molecule has 0 bridgehead atoms. The lowest BCUT2D eigenvalue weighted by Crippen LogP contribution is -2.51. The van der Waals surface area contributed by atoms with E-state index in [1.165, 1.54) is 12.5 Å². The first kappa shape index (κ1) is 11.2. The number of ether oxygens (including phenoxy) is 1. The summed E-state index contributed by atoms with van der Waals surface area (Å²) in [5.41, 5.74) is 5.76. The van der Waals surface area contributed by atoms with Crippen LogP contribution < -0.4 is 5.73 Å². The van der Waals surface area contributed by atoms with Gasteiger partial charge in [-0.15, -0.1) is 0 Å². The molecule has 0 aromatic rings. The van der Waals surface area contributed by atoms with Crippen molar-refractivity contribution in [1.82, 2.24) is 4.90 Å². The Labute approximate surface area is 96.5 Å². The number of amidine groups is 1. The highest BCUT2D eigenvalue weighted by Crippen LogP contribution is 2.37. The van der Waals surface area contributed by atoms with Gasteiger partial charge in [-0.1, -0.05) is 13.2 Å². The maximum absolute atomic E-state index is 5.66. The first-order valence-corrected chi connectivity index (χ1v) is 5.70. The van der Waals surface area contributed by atoms with Crippen molar-refractivity contribution >= 4 is 5.84 Å². The van der Waals surface area contributed by atoms with Gasteiger partial charge in [0.25, 0.3) is 0 Å². The Balaban J connectivity index is 1.88. The Bertz CT molecular complexity index is 321. The number of piperidine rings is 1. The van der Waals surface area contributed by atoms with E-state index >= 15 is 0 Å². The molecular formula is C12H19N3O. The second-order valence-corrected chi connectivity index (χ2v) is 4.43. The average Bonchev–Trinajstić information content (AvgIpc) is 2.27. The molecule has 0 saturated carbocycles. The van der Waals surface area contributed by atoms with Crippen LogP contribution in [0.5, 0.6) is 0 Å². The van der Waals surface area contributed by atoms with E-state index in [0.29, 0.717) is 5.84 Å².